The lowest BCUT2D eigenvalue weighted by Gasteiger charge is -2.12. The highest BCUT2D eigenvalue weighted by Crippen LogP contribution is 1.98. The van der Waals surface area contributed by atoms with Crippen LogP contribution in [0, 0.1) is 11.3 Å². The van der Waals surface area contributed by atoms with Crippen LogP contribution in [-0.2, 0) is 19.0 Å². The van der Waals surface area contributed by atoms with Gasteiger partial charge in [0.1, 0.15) is 0 Å². The van der Waals surface area contributed by atoms with Crippen molar-refractivity contribution in [1.82, 2.24) is 0 Å². The maximum atomic E-state index is 9.73. The molecule has 5 nitrogen and oxygen atoms in total. The fourth-order valence-corrected chi connectivity index (χ4v) is 0.690. The second-order valence-corrected chi connectivity index (χ2v) is 2.22. The summed E-state index contributed by atoms with van der Waals surface area (Å²) >= 11 is 0. The van der Waals surface area contributed by atoms with Crippen LogP contribution in [0.1, 0.15) is 12.8 Å². The van der Waals surface area contributed by atoms with E-state index < -0.39 is 6.29 Å². The average Bonchev–Trinajstić information content (AvgIpc) is 2.16. The van der Waals surface area contributed by atoms with Crippen molar-refractivity contribution in [3.05, 3.63) is 0 Å². The SMILES string of the molecule is COC(CC#N)OCCCOC=O. The Morgan fingerprint density at radius 3 is 2.85 bits per heavy atom. The van der Waals surface area contributed by atoms with Crippen LogP contribution in [0.2, 0.25) is 0 Å². The Morgan fingerprint density at radius 1 is 1.54 bits per heavy atom. The Hall–Kier alpha value is -1.12. The molecule has 0 saturated heterocycles. The molecule has 13 heavy (non-hydrogen) atoms. The molecule has 0 bridgehead atoms. The first-order valence-electron chi connectivity index (χ1n) is 3.91. The first-order valence-corrected chi connectivity index (χ1v) is 3.91. The number of carbonyl (C=O) groups excluding carboxylic acids is 1. The highest BCUT2D eigenvalue weighted by molar-refractivity contribution is 5.36. The van der Waals surface area contributed by atoms with E-state index in [1.807, 2.05) is 6.07 Å². The van der Waals surface area contributed by atoms with E-state index in [-0.39, 0.29) is 6.42 Å². The van der Waals surface area contributed by atoms with Gasteiger partial charge < -0.3 is 14.2 Å². The second kappa shape index (κ2) is 8.97. The van der Waals surface area contributed by atoms with E-state index in [2.05, 4.69) is 4.74 Å². The molecule has 0 aromatic heterocycles. The minimum Gasteiger partial charge on any atom is -0.468 e. The Kier molecular flexibility index (Phi) is 8.20. The van der Waals surface area contributed by atoms with Gasteiger partial charge in [0.05, 0.1) is 25.7 Å². The van der Waals surface area contributed by atoms with Gasteiger partial charge in [0, 0.05) is 13.5 Å². The quantitative estimate of drug-likeness (QED) is 0.313. The minimum absolute atomic E-state index is 0.199. The molecular formula is C8H13NO4. The largest absolute Gasteiger partial charge is 0.468 e. The van der Waals surface area contributed by atoms with Gasteiger partial charge in [0.25, 0.3) is 6.47 Å². The number of ether oxygens (including phenoxy) is 3. The summed E-state index contributed by atoms with van der Waals surface area (Å²) in [6.07, 6.45) is 0.316. The topological polar surface area (TPSA) is 68.6 Å². The van der Waals surface area contributed by atoms with Crippen LogP contribution in [0.15, 0.2) is 0 Å². The molecule has 0 aliphatic carbocycles. The number of hydrogen-bond acceptors (Lipinski definition) is 5. The highest BCUT2D eigenvalue weighted by Gasteiger charge is 2.05. The zero-order valence-corrected chi connectivity index (χ0v) is 7.56. The maximum Gasteiger partial charge on any atom is 0.293 e. The van der Waals surface area contributed by atoms with Gasteiger partial charge in [-0.2, -0.15) is 5.26 Å². The van der Waals surface area contributed by atoms with Gasteiger partial charge in [0.2, 0.25) is 0 Å². The third-order valence-corrected chi connectivity index (χ3v) is 1.30. The van der Waals surface area contributed by atoms with Crippen molar-refractivity contribution in [2.45, 2.75) is 19.1 Å². The van der Waals surface area contributed by atoms with E-state index in [0.717, 1.165) is 0 Å². The Bertz CT molecular complexity index is 166. The summed E-state index contributed by atoms with van der Waals surface area (Å²) in [4.78, 5) is 9.73. The van der Waals surface area contributed by atoms with Crippen LogP contribution in [0.5, 0.6) is 0 Å². The number of rotatable bonds is 8. The molecule has 0 N–H and O–H groups in total. The lowest BCUT2D eigenvalue weighted by molar-refractivity contribution is -0.133. The van der Waals surface area contributed by atoms with Crippen molar-refractivity contribution in [2.24, 2.45) is 0 Å². The smallest absolute Gasteiger partial charge is 0.293 e. The van der Waals surface area contributed by atoms with Gasteiger partial charge in [-0.05, 0) is 0 Å². The van der Waals surface area contributed by atoms with Crippen molar-refractivity contribution in [3.63, 3.8) is 0 Å². The van der Waals surface area contributed by atoms with E-state index in [1.165, 1.54) is 7.11 Å². The summed E-state index contributed by atoms with van der Waals surface area (Å²) in [6.45, 7) is 1.13. The normalized spacial score (nSPS) is 11.7. The molecule has 0 fully saturated rings. The van der Waals surface area contributed by atoms with Gasteiger partial charge in [-0.15, -0.1) is 0 Å². The maximum absolute atomic E-state index is 9.73. The van der Waals surface area contributed by atoms with Gasteiger partial charge in [-0.3, -0.25) is 4.79 Å². The molecule has 0 aromatic carbocycles. The fraction of sp³-hybridized carbons (Fsp3) is 0.750. The van der Waals surface area contributed by atoms with E-state index in [9.17, 15) is 4.79 Å². The van der Waals surface area contributed by atoms with Crippen LogP contribution >= 0.6 is 0 Å². The van der Waals surface area contributed by atoms with Gasteiger partial charge in [-0.25, -0.2) is 0 Å². The summed E-state index contributed by atoms with van der Waals surface area (Å²) in [5.74, 6) is 0. The molecule has 0 saturated carbocycles. The Morgan fingerprint density at radius 2 is 2.31 bits per heavy atom. The number of nitriles is 1. The molecule has 0 rings (SSSR count). The summed E-state index contributed by atoms with van der Waals surface area (Å²) in [5, 5.41) is 8.33. The molecule has 0 heterocycles. The average molecular weight is 187 g/mol. The number of hydrogen-bond donors (Lipinski definition) is 0. The van der Waals surface area contributed by atoms with Crippen LogP contribution in [0.4, 0.5) is 0 Å². The van der Waals surface area contributed by atoms with Crippen molar-refractivity contribution < 1.29 is 19.0 Å². The Balaban J connectivity index is 3.28. The van der Waals surface area contributed by atoms with Crippen LogP contribution in [0.25, 0.3) is 0 Å². The third kappa shape index (κ3) is 7.25. The van der Waals surface area contributed by atoms with Gasteiger partial charge in [-0.1, -0.05) is 0 Å². The molecule has 0 aliphatic rings. The molecule has 0 aliphatic heterocycles. The number of nitrogens with zero attached hydrogens (tertiary/aromatic N) is 1. The molecule has 1 unspecified atom stereocenters. The van der Waals surface area contributed by atoms with Crippen molar-refractivity contribution in [1.29, 1.82) is 5.26 Å². The number of methoxy groups -OCH3 is 1. The summed E-state index contributed by atoms with van der Waals surface area (Å²) in [7, 11) is 1.48. The van der Waals surface area contributed by atoms with Crippen LogP contribution < -0.4 is 0 Å². The lowest BCUT2D eigenvalue weighted by Crippen LogP contribution is -2.15. The summed E-state index contributed by atoms with van der Waals surface area (Å²) in [6, 6.07) is 1.93. The van der Waals surface area contributed by atoms with Crippen LogP contribution in [0.3, 0.4) is 0 Å². The van der Waals surface area contributed by atoms with Gasteiger partial charge >= 0.3 is 0 Å². The monoisotopic (exact) mass is 187 g/mol. The van der Waals surface area contributed by atoms with Crippen molar-refractivity contribution in [3.8, 4) is 6.07 Å². The predicted octanol–water partition coefficient (Wildman–Crippen LogP) is 0.452. The minimum atomic E-state index is -0.485. The lowest BCUT2D eigenvalue weighted by atomic mass is 10.4. The standard InChI is InChI=1S/C8H13NO4/c1-11-8(3-4-9)13-6-2-5-12-7-10/h7-8H,2-3,5-6H2,1H3. The highest BCUT2D eigenvalue weighted by atomic mass is 16.7. The van der Waals surface area contributed by atoms with Crippen molar-refractivity contribution in [2.75, 3.05) is 20.3 Å². The molecular weight excluding hydrogens is 174 g/mol. The first kappa shape index (κ1) is 11.9. The first-order chi connectivity index (χ1) is 6.35. The molecule has 1 atom stereocenters. The summed E-state index contributed by atoms with van der Waals surface area (Å²) < 4.78 is 14.4. The molecule has 0 aromatic rings. The third-order valence-electron chi connectivity index (χ3n) is 1.30. The molecule has 0 spiro atoms. The predicted molar refractivity (Wildman–Crippen MR) is 43.6 cm³/mol. The summed E-state index contributed by atoms with van der Waals surface area (Å²) in [5.41, 5.74) is 0. The molecule has 74 valence electrons. The van der Waals surface area contributed by atoms with E-state index in [1.54, 1.807) is 0 Å². The Labute approximate surface area is 77.2 Å². The fourth-order valence-electron chi connectivity index (χ4n) is 0.690. The zero-order valence-electron chi connectivity index (χ0n) is 7.56. The zero-order chi connectivity index (χ0) is 9.94. The van der Waals surface area contributed by atoms with E-state index in [0.29, 0.717) is 26.1 Å². The van der Waals surface area contributed by atoms with Crippen molar-refractivity contribution >= 4 is 6.47 Å². The molecule has 5 heteroatoms. The van der Waals surface area contributed by atoms with Crippen LogP contribution in [-0.4, -0.2) is 33.1 Å². The molecule has 0 radical (unpaired) electrons. The van der Waals surface area contributed by atoms with Gasteiger partial charge in [0.15, 0.2) is 6.29 Å². The number of carbonyl (C=O) groups is 1. The van der Waals surface area contributed by atoms with E-state index >= 15 is 0 Å². The second-order valence-electron chi connectivity index (χ2n) is 2.22. The van der Waals surface area contributed by atoms with E-state index in [4.69, 9.17) is 14.7 Å². The molecule has 0 amide bonds.